The van der Waals surface area contributed by atoms with E-state index in [1.54, 1.807) is 0 Å². The average Bonchev–Trinajstić information content (AvgIpc) is 2.48. The van der Waals surface area contributed by atoms with Gasteiger partial charge in [-0.15, -0.1) is 0 Å². The standard InChI is InChI=1S/C17H33N3O3/c1-12(2)10-15(20-6-8-23-9-7-20)11-18-17(22)16(13(3)4)19-14(5)21/h12-13,15-16H,6-11H2,1-5H3,(H,18,22)(H,19,21). The van der Waals surface area contributed by atoms with Crippen molar-refractivity contribution >= 4 is 11.8 Å². The molecule has 0 radical (unpaired) electrons. The van der Waals surface area contributed by atoms with E-state index in [9.17, 15) is 9.59 Å². The first-order chi connectivity index (χ1) is 10.8. The molecule has 1 aliphatic rings. The molecule has 0 bridgehead atoms. The molecule has 0 aromatic rings. The fourth-order valence-corrected chi connectivity index (χ4v) is 2.93. The van der Waals surface area contributed by atoms with E-state index in [-0.39, 0.29) is 17.7 Å². The Balaban J connectivity index is 2.60. The largest absolute Gasteiger partial charge is 0.379 e. The summed E-state index contributed by atoms with van der Waals surface area (Å²) < 4.78 is 5.42. The quantitative estimate of drug-likeness (QED) is 0.698. The van der Waals surface area contributed by atoms with Crippen LogP contribution < -0.4 is 10.6 Å². The third kappa shape index (κ3) is 7.31. The topological polar surface area (TPSA) is 70.7 Å². The van der Waals surface area contributed by atoms with Crippen molar-refractivity contribution in [1.29, 1.82) is 0 Å². The second-order valence-electron chi connectivity index (χ2n) is 7.10. The Morgan fingerprint density at radius 3 is 2.22 bits per heavy atom. The van der Waals surface area contributed by atoms with Crippen molar-refractivity contribution < 1.29 is 14.3 Å². The fourth-order valence-electron chi connectivity index (χ4n) is 2.93. The second-order valence-corrected chi connectivity index (χ2v) is 7.10. The van der Waals surface area contributed by atoms with E-state index in [0.717, 1.165) is 32.7 Å². The van der Waals surface area contributed by atoms with Crippen LogP contribution in [0.5, 0.6) is 0 Å². The predicted octanol–water partition coefficient (Wildman–Crippen LogP) is 1.01. The molecule has 0 spiro atoms. The Hall–Kier alpha value is -1.14. The number of carbonyl (C=O) groups is 2. The van der Waals surface area contributed by atoms with Gasteiger partial charge in [0.25, 0.3) is 0 Å². The number of carbonyl (C=O) groups excluding carboxylic acids is 2. The van der Waals surface area contributed by atoms with E-state index in [2.05, 4.69) is 29.4 Å². The molecule has 6 heteroatoms. The van der Waals surface area contributed by atoms with E-state index in [1.807, 2.05) is 13.8 Å². The van der Waals surface area contributed by atoms with E-state index < -0.39 is 6.04 Å². The van der Waals surface area contributed by atoms with Gasteiger partial charge in [-0.1, -0.05) is 27.7 Å². The van der Waals surface area contributed by atoms with Crippen LogP contribution in [0.1, 0.15) is 41.0 Å². The highest BCUT2D eigenvalue weighted by Gasteiger charge is 2.26. The molecule has 2 amide bonds. The minimum atomic E-state index is -0.475. The van der Waals surface area contributed by atoms with Crippen molar-refractivity contribution in [3.8, 4) is 0 Å². The fraction of sp³-hybridized carbons (Fsp3) is 0.882. The van der Waals surface area contributed by atoms with E-state index in [0.29, 0.717) is 18.5 Å². The second kappa shape index (κ2) is 9.88. The SMILES string of the molecule is CC(=O)NC(C(=O)NCC(CC(C)C)N1CCOCC1)C(C)C. The van der Waals surface area contributed by atoms with Crippen molar-refractivity contribution in [1.82, 2.24) is 15.5 Å². The van der Waals surface area contributed by atoms with Gasteiger partial charge < -0.3 is 15.4 Å². The monoisotopic (exact) mass is 327 g/mol. The average molecular weight is 327 g/mol. The summed E-state index contributed by atoms with van der Waals surface area (Å²) in [4.78, 5) is 26.1. The molecule has 1 saturated heterocycles. The van der Waals surface area contributed by atoms with Crippen LogP contribution in [0.2, 0.25) is 0 Å². The molecule has 0 aliphatic carbocycles. The maximum absolute atomic E-state index is 12.4. The minimum Gasteiger partial charge on any atom is -0.379 e. The summed E-state index contributed by atoms with van der Waals surface area (Å²) in [6.07, 6.45) is 1.03. The molecule has 1 rings (SSSR count). The first-order valence-electron chi connectivity index (χ1n) is 8.67. The Morgan fingerprint density at radius 1 is 1.13 bits per heavy atom. The normalized spacial score (nSPS) is 18.7. The van der Waals surface area contributed by atoms with Crippen LogP contribution in [0.25, 0.3) is 0 Å². The van der Waals surface area contributed by atoms with Crippen molar-refractivity contribution in [2.45, 2.75) is 53.1 Å². The van der Waals surface area contributed by atoms with Gasteiger partial charge in [0.15, 0.2) is 0 Å². The van der Waals surface area contributed by atoms with Crippen molar-refractivity contribution in [2.75, 3.05) is 32.8 Å². The summed E-state index contributed by atoms with van der Waals surface area (Å²) >= 11 is 0. The van der Waals surface area contributed by atoms with Gasteiger partial charge in [-0.25, -0.2) is 0 Å². The molecule has 0 saturated carbocycles. The lowest BCUT2D eigenvalue weighted by molar-refractivity contribution is -0.129. The molecule has 0 aromatic carbocycles. The minimum absolute atomic E-state index is 0.0610. The number of hydrogen-bond donors (Lipinski definition) is 2. The lowest BCUT2D eigenvalue weighted by Gasteiger charge is -2.36. The van der Waals surface area contributed by atoms with E-state index in [1.165, 1.54) is 6.92 Å². The van der Waals surface area contributed by atoms with Gasteiger partial charge in [0, 0.05) is 32.6 Å². The van der Waals surface area contributed by atoms with Crippen LogP contribution in [0, 0.1) is 11.8 Å². The lowest BCUT2D eigenvalue weighted by Crippen LogP contribution is -2.54. The molecular formula is C17H33N3O3. The van der Waals surface area contributed by atoms with Crippen LogP contribution in [0.3, 0.4) is 0 Å². The highest BCUT2D eigenvalue weighted by molar-refractivity contribution is 5.87. The lowest BCUT2D eigenvalue weighted by atomic mass is 10.0. The van der Waals surface area contributed by atoms with Crippen LogP contribution in [-0.4, -0.2) is 61.6 Å². The number of morpholine rings is 1. The molecule has 6 nitrogen and oxygen atoms in total. The highest BCUT2D eigenvalue weighted by Crippen LogP contribution is 2.13. The molecule has 1 aliphatic heterocycles. The van der Waals surface area contributed by atoms with Gasteiger partial charge in [-0.05, 0) is 18.3 Å². The maximum atomic E-state index is 12.4. The molecule has 2 atom stereocenters. The first kappa shape index (κ1) is 19.9. The Labute approximate surface area is 140 Å². The Morgan fingerprint density at radius 2 is 1.74 bits per heavy atom. The number of nitrogens with zero attached hydrogens (tertiary/aromatic N) is 1. The third-order valence-corrected chi connectivity index (χ3v) is 4.13. The van der Waals surface area contributed by atoms with E-state index >= 15 is 0 Å². The number of rotatable bonds is 8. The van der Waals surface area contributed by atoms with E-state index in [4.69, 9.17) is 4.74 Å². The summed E-state index contributed by atoms with van der Waals surface area (Å²) in [6, 6.07) is -0.162. The molecule has 134 valence electrons. The van der Waals surface area contributed by atoms with Gasteiger partial charge in [-0.3, -0.25) is 14.5 Å². The molecular weight excluding hydrogens is 294 g/mol. The summed E-state index contributed by atoms with van der Waals surface area (Å²) in [5, 5.41) is 5.77. The predicted molar refractivity (Wildman–Crippen MR) is 91.1 cm³/mol. The smallest absolute Gasteiger partial charge is 0.242 e. The highest BCUT2D eigenvalue weighted by atomic mass is 16.5. The summed E-state index contributed by atoms with van der Waals surface area (Å²) in [6.45, 7) is 13.7. The van der Waals surface area contributed by atoms with Crippen LogP contribution in [0.4, 0.5) is 0 Å². The maximum Gasteiger partial charge on any atom is 0.242 e. The number of amides is 2. The molecule has 1 heterocycles. The van der Waals surface area contributed by atoms with Gasteiger partial charge >= 0.3 is 0 Å². The zero-order chi connectivity index (χ0) is 17.4. The zero-order valence-electron chi connectivity index (χ0n) is 15.2. The number of ether oxygens (including phenoxy) is 1. The van der Waals surface area contributed by atoms with Crippen molar-refractivity contribution in [2.24, 2.45) is 11.8 Å². The Bertz CT molecular complexity index is 379. The van der Waals surface area contributed by atoms with Gasteiger partial charge in [0.05, 0.1) is 13.2 Å². The molecule has 2 N–H and O–H groups in total. The van der Waals surface area contributed by atoms with Crippen molar-refractivity contribution in [3.05, 3.63) is 0 Å². The summed E-state index contributed by atoms with van der Waals surface area (Å²) in [5.74, 6) is 0.352. The van der Waals surface area contributed by atoms with Gasteiger partial charge in [-0.2, -0.15) is 0 Å². The van der Waals surface area contributed by atoms with Crippen LogP contribution in [0.15, 0.2) is 0 Å². The summed E-state index contributed by atoms with van der Waals surface area (Å²) in [7, 11) is 0. The molecule has 2 unspecified atom stereocenters. The number of hydrogen-bond acceptors (Lipinski definition) is 4. The van der Waals surface area contributed by atoms with Gasteiger partial charge in [0.2, 0.25) is 11.8 Å². The molecule has 1 fully saturated rings. The molecule has 23 heavy (non-hydrogen) atoms. The van der Waals surface area contributed by atoms with Gasteiger partial charge in [0.1, 0.15) is 6.04 Å². The first-order valence-corrected chi connectivity index (χ1v) is 8.67. The third-order valence-electron chi connectivity index (χ3n) is 4.13. The zero-order valence-corrected chi connectivity index (χ0v) is 15.2. The summed E-state index contributed by atoms with van der Waals surface area (Å²) in [5.41, 5.74) is 0. The van der Waals surface area contributed by atoms with Crippen molar-refractivity contribution in [3.63, 3.8) is 0 Å². The molecule has 0 aromatic heterocycles. The van der Waals surface area contributed by atoms with Crippen LogP contribution in [-0.2, 0) is 14.3 Å². The number of nitrogens with one attached hydrogen (secondary N) is 2. The van der Waals surface area contributed by atoms with Crippen LogP contribution >= 0.6 is 0 Å². The Kier molecular flexibility index (Phi) is 8.55.